The highest BCUT2D eigenvalue weighted by Crippen LogP contribution is 3.04. The molecular formula is C24H34. The first kappa shape index (κ1) is 13.2. The molecule has 0 aromatic heterocycles. The Balaban J connectivity index is 1.48. The lowest BCUT2D eigenvalue weighted by atomic mass is 9.43. The highest BCUT2D eigenvalue weighted by atomic mass is 15.0. The highest BCUT2D eigenvalue weighted by molar-refractivity contribution is 5.46. The molecule has 130 valence electrons. The monoisotopic (exact) mass is 322 g/mol. The quantitative estimate of drug-likeness (QED) is 0.632. The van der Waals surface area contributed by atoms with Crippen LogP contribution in [0.4, 0.5) is 0 Å². The second-order valence-electron chi connectivity index (χ2n) is 12.5. The summed E-state index contributed by atoms with van der Waals surface area (Å²) < 4.78 is 0. The van der Waals surface area contributed by atoms with Gasteiger partial charge in [-0.1, -0.05) is 27.2 Å². The zero-order valence-electron chi connectivity index (χ0n) is 15.8. The molecule has 0 radical (unpaired) electrons. The molecule has 0 aliphatic heterocycles. The molecule has 7 saturated carbocycles. The van der Waals surface area contributed by atoms with Crippen molar-refractivity contribution in [1.82, 2.24) is 0 Å². The van der Waals surface area contributed by atoms with Crippen LogP contribution < -0.4 is 0 Å². The molecule has 2 bridgehead atoms. The summed E-state index contributed by atoms with van der Waals surface area (Å²) in [5.74, 6) is 12.9. The van der Waals surface area contributed by atoms with Gasteiger partial charge in [0.15, 0.2) is 0 Å². The molecule has 1 spiro atoms. The maximum atomic E-state index is 2.60. The Morgan fingerprint density at radius 2 is 1.83 bits per heavy atom. The predicted octanol–water partition coefficient (Wildman–Crippen LogP) is 5.62. The van der Waals surface area contributed by atoms with Crippen molar-refractivity contribution < 1.29 is 0 Å². The molecule has 7 aliphatic rings. The van der Waals surface area contributed by atoms with E-state index in [0.717, 1.165) is 28.1 Å². The summed E-state index contributed by atoms with van der Waals surface area (Å²) in [7, 11) is 0. The highest BCUT2D eigenvalue weighted by Gasteiger charge is 2.99. The van der Waals surface area contributed by atoms with E-state index in [2.05, 4.69) is 20.8 Å². The average molecular weight is 323 g/mol. The van der Waals surface area contributed by atoms with E-state index in [4.69, 9.17) is 0 Å². The Morgan fingerprint density at radius 3 is 2.62 bits per heavy atom. The lowest BCUT2D eigenvalue weighted by Gasteiger charge is -2.61. The maximum absolute atomic E-state index is 2.60. The SMILES string of the molecule is CCCC12CC34CC(C(C)C)C5C6CC7CC(C3C7CC61)C51C2C41. The van der Waals surface area contributed by atoms with E-state index in [1.165, 1.54) is 59.7 Å². The van der Waals surface area contributed by atoms with Crippen LogP contribution in [0.5, 0.6) is 0 Å². The summed E-state index contributed by atoms with van der Waals surface area (Å²) in [5.41, 5.74) is 2.66. The molecule has 0 saturated heterocycles. The van der Waals surface area contributed by atoms with Crippen molar-refractivity contribution in [3.63, 3.8) is 0 Å². The van der Waals surface area contributed by atoms with Crippen LogP contribution in [0.2, 0.25) is 0 Å². The molecule has 0 nitrogen and oxygen atoms in total. The standard InChI is InChI=1S/C24H34/c1-4-5-22-10-23-9-15(11(2)3)18-14-6-12-7-17(24(18)20(22)21(23)24)19(23)13(12)8-16(14)22/h11-21H,4-10H2,1-3H3. The van der Waals surface area contributed by atoms with Crippen LogP contribution in [0.15, 0.2) is 0 Å². The van der Waals surface area contributed by atoms with Crippen molar-refractivity contribution in [3.8, 4) is 0 Å². The van der Waals surface area contributed by atoms with Gasteiger partial charge in [-0.05, 0) is 120 Å². The first-order valence-electron chi connectivity index (χ1n) is 11.6. The Kier molecular flexibility index (Phi) is 1.82. The van der Waals surface area contributed by atoms with Gasteiger partial charge in [0.05, 0.1) is 0 Å². The van der Waals surface area contributed by atoms with E-state index in [1.807, 2.05) is 0 Å². The molecule has 0 amide bonds. The Hall–Kier alpha value is 0. The Labute approximate surface area is 147 Å². The van der Waals surface area contributed by atoms with E-state index in [0.29, 0.717) is 0 Å². The number of hydrogen-bond donors (Lipinski definition) is 0. The topological polar surface area (TPSA) is 0 Å². The first-order valence-corrected chi connectivity index (χ1v) is 11.6. The van der Waals surface area contributed by atoms with Gasteiger partial charge in [-0.15, -0.1) is 0 Å². The van der Waals surface area contributed by atoms with Crippen LogP contribution in [0.25, 0.3) is 0 Å². The number of hydrogen-bond acceptors (Lipinski definition) is 0. The summed E-state index contributed by atoms with van der Waals surface area (Å²) in [5, 5.41) is 0. The third-order valence-corrected chi connectivity index (χ3v) is 12.6. The fraction of sp³-hybridized carbons (Fsp3) is 1.00. The summed E-state index contributed by atoms with van der Waals surface area (Å²) in [4.78, 5) is 0. The molecule has 7 rings (SSSR count). The van der Waals surface area contributed by atoms with Gasteiger partial charge >= 0.3 is 0 Å². The second kappa shape index (κ2) is 3.31. The number of fused-ring (bicyclic) bond motifs is 6. The van der Waals surface area contributed by atoms with E-state index in [9.17, 15) is 0 Å². The lowest BCUT2D eigenvalue weighted by Crippen LogP contribution is -2.56. The van der Waals surface area contributed by atoms with E-state index >= 15 is 0 Å². The van der Waals surface area contributed by atoms with Crippen molar-refractivity contribution in [3.05, 3.63) is 0 Å². The van der Waals surface area contributed by atoms with Gasteiger partial charge in [-0.3, -0.25) is 0 Å². The van der Waals surface area contributed by atoms with Crippen LogP contribution >= 0.6 is 0 Å². The van der Waals surface area contributed by atoms with Gasteiger partial charge in [-0.2, -0.15) is 0 Å². The third-order valence-electron chi connectivity index (χ3n) is 12.6. The van der Waals surface area contributed by atoms with Crippen molar-refractivity contribution in [2.45, 2.75) is 65.7 Å². The molecule has 7 fully saturated rings. The molecule has 7 aliphatic carbocycles. The van der Waals surface area contributed by atoms with Gasteiger partial charge in [0.1, 0.15) is 0 Å². The van der Waals surface area contributed by atoms with Gasteiger partial charge < -0.3 is 0 Å². The van der Waals surface area contributed by atoms with Crippen molar-refractivity contribution in [1.29, 1.82) is 0 Å². The van der Waals surface area contributed by atoms with E-state index in [1.54, 1.807) is 38.5 Å². The lowest BCUT2D eigenvalue weighted by molar-refractivity contribution is -0.136. The normalized spacial score (nSPS) is 76.5. The molecule has 13 atom stereocenters. The van der Waals surface area contributed by atoms with Crippen molar-refractivity contribution >= 4 is 0 Å². The van der Waals surface area contributed by atoms with Gasteiger partial charge in [-0.25, -0.2) is 0 Å². The number of rotatable bonds is 3. The second-order valence-corrected chi connectivity index (χ2v) is 12.5. The summed E-state index contributed by atoms with van der Waals surface area (Å²) >= 11 is 0. The minimum absolute atomic E-state index is 0.861. The van der Waals surface area contributed by atoms with Crippen molar-refractivity contribution in [2.24, 2.45) is 81.3 Å². The third kappa shape index (κ3) is 0.880. The van der Waals surface area contributed by atoms with Crippen LogP contribution in [-0.4, -0.2) is 0 Å². The minimum Gasteiger partial charge on any atom is -0.0654 e. The zero-order valence-corrected chi connectivity index (χ0v) is 15.8. The largest absolute Gasteiger partial charge is 0.0654 e. The predicted molar refractivity (Wildman–Crippen MR) is 95.0 cm³/mol. The van der Waals surface area contributed by atoms with E-state index in [-0.39, 0.29) is 0 Å². The van der Waals surface area contributed by atoms with Crippen molar-refractivity contribution in [2.75, 3.05) is 0 Å². The first-order chi connectivity index (χ1) is 11.6. The molecule has 0 heterocycles. The van der Waals surface area contributed by atoms with Crippen LogP contribution in [0, 0.1) is 81.3 Å². The fourth-order valence-electron chi connectivity index (χ4n) is 13.5. The zero-order chi connectivity index (χ0) is 15.8. The Bertz CT molecular complexity index is 674. The minimum atomic E-state index is 0.861. The van der Waals surface area contributed by atoms with Crippen LogP contribution in [-0.2, 0) is 0 Å². The maximum Gasteiger partial charge on any atom is -0.0159 e. The molecule has 0 aromatic rings. The molecule has 0 heteroatoms. The summed E-state index contributed by atoms with van der Waals surface area (Å²) in [6.45, 7) is 7.70. The molecule has 0 N–H and O–H groups in total. The summed E-state index contributed by atoms with van der Waals surface area (Å²) in [6.07, 6.45) is 11.6. The van der Waals surface area contributed by atoms with Gasteiger partial charge in [0, 0.05) is 0 Å². The smallest absolute Gasteiger partial charge is 0.0159 e. The van der Waals surface area contributed by atoms with Gasteiger partial charge in [0.2, 0.25) is 0 Å². The summed E-state index contributed by atoms with van der Waals surface area (Å²) in [6, 6.07) is 0. The van der Waals surface area contributed by atoms with Gasteiger partial charge in [0.25, 0.3) is 0 Å². The molecule has 13 unspecified atom stereocenters. The molecular weight excluding hydrogens is 288 g/mol. The fourth-order valence-corrected chi connectivity index (χ4v) is 13.5. The Morgan fingerprint density at radius 1 is 0.958 bits per heavy atom. The average Bonchev–Trinajstić information content (AvgIpc) is 2.96. The molecule has 24 heavy (non-hydrogen) atoms. The van der Waals surface area contributed by atoms with E-state index < -0.39 is 0 Å². The van der Waals surface area contributed by atoms with Crippen LogP contribution in [0.3, 0.4) is 0 Å². The molecule has 0 aromatic carbocycles. The van der Waals surface area contributed by atoms with Crippen LogP contribution in [0.1, 0.15) is 65.7 Å².